The van der Waals surface area contributed by atoms with E-state index >= 15 is 0 Å². The number of unbranched alkanes of at least 4 members (excludes halogenated alkanes) is 1. The van der Waals surface area contributed by atoms with Crippen LogP contribution in [0.5, 0.6) is 5.75 Å². The molecule has 0 aromatic heterocycles. The van der Waals surface area contributed by atoms with Crippen LogP contribution < -0.4 is 10.1 Å². The summed E-state index contributed by atoms with van der Waals surface area (Å²) in [7, 11) is 1.48. The number of rotatable bonds is 10. The largest absolute Gasteiger partial charge is 0.495 e. The predicted molar refractivity (Wildman–Crippen MR) is 93.4 cm³/mol. The summed E-state index contributed by atoms with van der Waals surface area (Å²) in [5.74, 6) is 0.742. The minimum Gasteiger partial charge on any atom is -0.495 e. The lowest BCUT2D eigenvalue weighted by Crippen LogP contribution is -2.33. The molecule has 0 radical (unpaired) electrons. The fraction of sp³-hybridized carbons (Fsp3) is 0.500. The summed E-state index contributed by atoms with van der Waals surface area (Å²) in [6.07, 6.45) is 2.54. The van der Waals surface area contributed by atoms with Crippen LogP contribution in [0.2, 0.25) is 5.02 Å². The van der Waals surface area contributed by atoms with Gasteiger partial charge in [-0.3, -0.25) is 4.79 Å². The molecule has 2 N–H and O–H groups in total. The molecule has 0 saturated heterocycles. The zero-order valence-corrected chi connectivity index (χ0v) is 14.9. The van der Waals surface area contributed by atoms with Crippen LogP contribution in [-0.2, 0) is 9.59 Å². The third kappa shape index (κ3) is 6.71. The van der Waals surface area contributed by atoms with E-state index in [1.807, 2.05) is 0 Å². The zero-order chi connectivity index (χ0) is 17.2. The second-order valence-electron chi connectivity index (χ2n) is 4.95. The Balaban J connectivity index is 2.63. The Hall–Kier alpha value is -1.40. The highest BCUT2D eigenvalue weighted by molar-refractivity contribution is 7.99. The van der Waals surface area contributed by atoms with E-state index in [4.69, 9.17) is 16.3 Å². The molecule has 0 saturated carbocycles. The Kier molecular flexibility index (Phi) is 8.87. The molecule has 0 fully saturated rings. The van der Waals surface area contributed by atoms with Crippen molar-refractivity contribution in [3.63, 3.8) is 0 Å². The molecule has 0 spiro atoms. The van der Waals surface area contributed by atoms with Gasteiger partial charge in [0.25, 0.3) is 0 Å². The maximum absolute atomic E-state index is 11.9. The lowest BCUT2D eigenvalue weighted by Gasteiger charge is -2.16. The van der Waals surface area contributed by atoms with Crippen molar-refractivity contribution in [2.45, 2.75) is 32.2 Å². The molecule has 5 nitrogen and oxygen atoms in total. The number of methoxy groups -OCH3 is 1. The van der Waals surface area contributed by atoms with Gasteiger partial charge < -0.3 is 15.2 Å². The van der Waals surface area contributed by atoms with Gasteiger partial charge in [0, 0.05) is 12.2 Å². The van der Waals surface area contributed by atoms with Crippen molar-refractivity contribution in [3.05, 3.63) is 28.8 Å². The van der Waals surface area contributed by atoms with Gasteiger partial charge in [-0.05, 0) is 29.9 Å². The molecule has 1 unspecified atom stereocenters. The fourth-order valence-electron chi connectivity index (χ4n) is 1.90. The van der Waals surface area contributed by atoms with E-state index in [0.717, 1.165) is 18.6 Å². The summed E-state index contributed by atoms with van der Waals surface area (Å²) in [4.78, 5) is 23.3. The van der Waals surface area contributed by atoms with Crippen LogP contribution in [0.1, 0.15) is 37.8 Å². The van der Waals surface area contributed by atoms with E-state index in [1.165, 1.54) is 13.2 Å². The molecule has 0 aliphatic rings. The van der Waals surface area contributed by atoms with Crippen molar-refractivity contribution < 1.29 is 19.4 Å². The summed E-state index contributed by atoms with van der Waals surface area (Å²) in [6, 6.07) is 3.54. The minimum absolute atomic E-state index is 0.284. The number of amides is 1. The Morgan fingerprint density at radius 1 is 1.39 bits per heavy atom. The van der Waals surface area contributed by atoms with Crippen molar-refractivity contribution in [2.24, 2.45) is 0 Å². The van der Waals surface area contributed by atoms with Crippen molar-refractivity contribution in [2.75, 3.05) is 18.6 Å². The fourth-order valence-corrected chi connectivity index (χ4v) is 3.19. The quantitative estimate of drug-likeness (QED) is 0.625. The van der Waals surface area contributed by atoms with Gasteiger partial charge in [-0.1, -0.05) is 31.0 Å². The Labute approximate surface area is 145 Å². The van der Waals surface area contributed by atoms with Crippen molar-refractivity contribution in [3.8, 4) is 5.75 Å². The molecule has 7 heteroatoms. The third-order valence-corrected chi connectivity index (χ3v) is 4.54. The number of hydrogen-bond donors (Lipinski definition) is 2. The van der Waals surface area contributed by atoms with Gasteiger partial charge in [0.05, 0.1) is 12.1 Å². The molecule has 1 aromatic rings. The predicted octanol–water partition coefficient (Wildman–Crippen LogP) is 3.51. The van der Waals surface area contributed by atoms with E-state index < -0.39 is 12.0 Å². The first-order valence-corrected chi connectivity index (χ1v) is 8.96. The van der Waals surface area contributed by atoms with E-state index in [0.29, 0.717) is 28.5 Å². The molecule has 1 aromatic carbocycles. The summed E-state index contributed by atoms with van der Waals surface area (Å²) >= 11 is 7.71. The Morgan fingerprint density at radius 2 is 2.13 bits per heavy atom. The molecule has 1 rings (SSSR count). The smallest absolute Gasteiger partial charge is 0.330 e. The van der Waals surface area contributed by atoms with E-state index in [2.05, 4.69) is 12.2 Å². The average Bonchev–Trinajstić information content (AvgIpc) is 2.52. The first-order chi connectivity index (χ1) is 11.0. The van der Waals surface area contributed by atoms with Gasteiger partial charge in [-0.2, -0.15) is 11.8 Å². The van der Waals surface area contributed by atoms with E-state index in [9.17, 15) is 14.7 Å². The maximum atomic E-state index is 11.9. The molecular weight excluding hydrogens is 338 g/mol. The van der Waals surface area contributed by atoms with Crippen LogP contribution in [0, 0.1) is 0 Å². The summed E-state index contributed by atoms with van der Waals surface area (Å²) < 4.78 is 5.04. The van der Waals surface area contributed by atoms with Gasteiger partial charge in [-0.15, -0.1) is 0 Å². The Bertz CT molecular complexity index is 539. The van der Waals surface area contributed by atoms with Crippen LogP contribution in [0.15, 0.2) is 18.2 Å². The SMILES string of the molecule is CCCCSCCC(=O)NC(C(=O)O)c1ccc(OC)c(Cl)c1. The zero-order valence-electron chi connectivity index (χ0n) is 13.3. The normalized spacial score (nSPS) is 11.8. The number of hydrogen-bond acceptors (Lipinski definition) is 4. The first kappa shape index (κ1) is 19.6. The maximum Gasteiger partial charge on any atom is 0.330 e. The first-order valence-electron chi connectivity index (χ1n) is 7.43. The number of ether oxygens (including phenoxy) is 1. The number of carbonyl (C=O) groups is 2. The lowest BCUT2D eigenvalue weighted by atomic mass is 10.1. The molecule has 0 heterocycles. The average molecular weight is 360 g/mol. The van der Waals surface area contributed by atoms with Crippen molar-refractivity contribution >= 4 is 35.2 Å². The highest BCUT2D eigenvalue weighted by Crippen LogP contribution is 2.27. The van der Waals surface area contributed by atoms with E-state index in [1.54, 1.807) is 23.9 Å². The monoisotopic (exact) mass is 359 g/mol. The molecule has 23 heavy (non-hydrogen) atoms. The van der Waals surface area contributed by atoms with Gasteiger partial charge in [-0.25, -0.2) is 4.79 Å². The molecule has 0 aliphatic heterocycles. The van der Waals surface area contributed by atoms with Gasteiger partial charge in [0.1, 0.15) is 5.75 Å². The van der Waals surface area contributed by atoms with E-state index in [-0.39, 0.29) is 5.91 Å². The summed E-state index contributed by atoms with van der Waals surface area (Å²) in [5, 5.41) is 12.2. The number of nitrogens with one attached hydrogen (secondary N) is 1. The number of halogens is 1. The second-order valence-corrected chi connectivity index (χ2v) is 6.58. The number of carboxylic acid groups (broad SMARTS) is 1. The van der Waals surface area contributed by atoms with Crippen LogP contribution in [0.4, 0.5) is 0 Å². The number of carbonyl (C=O) groups excluding carboxylic acids is 1. The van der Waals surface area contributed by atoms with Crippen molar-refractivity contribution in [1.29, 1.82) is 0 Å². The highest BCUT2D eigenvalue weighted by atomic mass is 35.5. The van der Waals surface area contributed by atoms with Gasteiger partial charge in [0.2, 0.25) is 5.91 Å². The van der Waals surface area contributed by atoms with Gasteiger partial charge >= 0.3 is 5.97 Å². The van der Waals surface area contributed by atoms with Crippen LogP contribution >= 0.6 is 23.4 Å². The highest BCUT2D eigenvalue weighted by Gasteiger charge is 2.22. The molecule has 0 aliphatic carbocycles. The van der Waals surface area contributed by atoms with Crippen LogP contribution in [-0.4, -0.2) is 35.6 Å². The summed E-state index contributed by atoms with van der Waals surface area (Å²) in [5.41, 5.74) is 0.412. The number of benzene rings is 1. The van der Waals surface area contributed by atoms with Crippen LogP contribution in [0.3, 0.4) is 0 Å². The number of thioether (sulfide) groups is 1. The molecule has 0 bridgehead atoms. The van der Waals surface area contributed by atoms with Crippen LogP contribution in [0.25, 0.3) is 0 Å². The standard InChI is InChI=1S/C16H22ClNO4S/c1-3-4-8-23-9-7-14(19)18-15(16(20)21)11-5-6-13(22-2)12(17)10-11/h5-6,10,15H,3-4,7-9H2,1-2H3,(H,18,19)(H,20,21). The molecule has 128 valence electrons. The molecular formula is C16H22ClNO4S. The molecule has 1 amide bonds. The molecule has 1 atom stereocenters. The number of carboxylic acids is 1. The summed E-state index contributed by atoms with van der Waals surface area (Å²) in [6.45, 7) is 2.12. The minimum atomic E-state index is -1.13. The second kappa shape index (κ2) is 10.4. The van der Waals surface area contributed by atoms with Gasteiger partial charge in [0.15, 0.2) is 6.04 Å². The Morgan fingerprint density at radius 3 is 2.70 bits per heavy atom. The number of aliphatic carboxylic acids is 1. The van der Waals surface area contributed by atoms with Crippen molar-refractivity contribution in [1.82, 2.24) is 5.32 Å². The lowest BCUT2D eigenvalue weighted by molar-refractivity contribution is -0.142. The third-order valence-electron chi connectivity index (χ3n) is 3.18. The topological polar surface area (TPSA) is 75.6 Å².